The fraction of sp³-hybridized carbons (Fsp3) is 0.562. The number of rotatable bonds is 3. The molecule has 1 aromatic rings. The van der Waals surface area contributed by atoms with Gasteiger partial charge in [0.1, 0.15) is 5.75 Å². The van der Waals surface area contributed by atoms with Crippen LogP contribution in [0.4, 0.5) is 0 Å². The van der Waals surface area contributed by atoms with Gasteiger partial charge >= 0.3 is 0 Å². The second-order valence-electron chi connectivity index (χ2n) is 5.81. The Bertz CT molecular complexity index is 501. The normalized spacial score (nSPS) is 24.9. The number of ether oxygens (including phenoxy) is 1. The number of piperidine rings is 1. The van der Waals surface area contributed by atoms with Crippen LogP contribution in [0.1, 0.15) is 35.7 Å². The van der Waals surface area contributed by atoms with E-state index in [9.17, 15) is 4.79 Å². The zero-order chi connectivity index (χ0) is 13.9. The predicted octanol–water partition coefficient (Wildman–Crippen LogP) is 1.74. The number of fused-ring (bicyclic) bond motifs is 1. The first kappa shape index (κ1) is 13.4. The smallest absolute Gasteiger partial charge is 0.251 e. The van der Waals surface area contributed by atoms with E-state index in [0.717, 1.165) is 36.4 Å². The van der Waals surface area contributed by atoms with Crippen molar-refractivity contribution in [3.05, 3.63) is 29.3 Å². The number of hydrogen-bond donors (Lipinski definition) is 2. The third kappa shape index (κ3) is 2.80. The quantitative estimate of drug-likeness (QED) is 0.882. The summed E-state index contributed by atoms with van der Waals surface area (Å²) in [5.41, 5.74) is 1.87. The molecule has 0 spiro atoms. The molecule has 108 valence electrons. The van der Waals surface area contributed by atoms with E-state index in [1.165, 1.54) is 12.8 Å². The number of nitrogens with one attached hydrogen (secondary N) is 2. The van der Waals surface area contributed by atoms with Crippen LogP contribution in [0, 0.1) is 5.92 Å². The zero-order valence-electron chi connectivity index (χ0n) is 11.9. The zero-order valence-corrected chi connectivity index (χ0v) is 11.9. The lowest BCUT2D eigenvalue weighted by atomic mass is 9.93. The van der Waals surface area contributed by atoms with E-state index in [1.54, 1.807) is 0 Å². The second kappa shape index (κ2) is 5.83. The second-order valence-corrected chi connectivity index (χ2v) is 5.81. The van der Waals surface area contributed by atoms with E-state index in [4.69, 9.17) is 4.74 Å². The summed E-state index contributed by atoms with van der Waals surface area (Å²) in [7, 11) is 0. The number of carbonyl (C=O) groups excluding carboxylic acids is 1. The molecule has 2 N–H and O–H groups in total. The van der Waals surface area contributed by atoms with Gasteiger partial charge < -0.3 is 15.4 Å². The third-order valence-electron chi connectivity index (χ3n) is 4.36. The maximum Gasteiger partial charge on any atom is 0.251 e. The summed E-state index contributed by atoms with van der Waals surface area (Å²) in [4.78, 5) is 12.2. The monoisotopic (exact) mass is 274 g/mol. The Kier molecular flexibility index (Phi) is 3.92. The number of benzene rings is 1. The minimum absolute atomic E-state index is 0.0132. The van der Waals surface area contributed by atoms with Gasteiger partial charge in [-0.3, -0.25) is 4.79 Å². The SMILES string of the molecule is CC1CCCNC1CNC(=O)c1ccc2c(c1)CCO2. The largest absolute Gasteiger partial charge is 0.493 e. The summed E-state index contributed by atoms with van der Waals surface area (Å²) in [5.74, 6) is 1.56. The lowest BCUT2D eigenvalue weighted by Crippen LogP contribution is -2.47. The average Bonchev–Trinajstić information content (AvgIpc) is 2.93. The summed E-state index contributed by atoms with van der Waals surface area (Å²) in [5, 5.41) is 6.53. The highest BCUT2D eigenvalue weighted by Gasteiger charge is 2.21. The lowest BCUT2D eigenvalue weighted by molar-refractivity contribution is 0.0943. The molecule has 1 saturated heterocycles. The molecule has 0 aromatic heterocycles. The molecule has 1 amide bonds. The van der Waals surface area contributed by atoms with Gasteiger partial charge in [-0.15, -0.1) is 0 Å². The van der Waals surface area contributed by atoms with Crippen molar-refractivity contribution < 1.29 is 9.53 Å². The van der Waals surface area contributed by atoms with Crippen LogP contribution in [0.3, 0.4) is 0 Å². The van der Waals surface area contributed by atoms with Crippen LogP contribution in [0.25, 0.3) is 0 Å². The number of hydrogen-bond acceptors (Lipinski definition) is 3. The number of carbonyl (C=O) groups is 1. The maximum absolute atomic E-state index is 12.2. The summed E-state index contributed by atoms with van der Waals surface area (Å²) >= 11 is 0. The average molecular weight is 274 g/mol. The summed E-state index contributed by atoms with van der Waals surface area (Å²) in [6.45, 7) is 4.73. The molecule has 1 fully saturated rings. The van der Waals surface area contributed by atoms with Gasteiger partial charge in [-0.25, -0.2) is 0 Å². The Morgan fingerprint density at radius 2 is 2.40 bits per heavy atom. The summed E-state index contributed by atoms with van der Waals surface area (Å²) in [6.07, 6.45) is 3.37. The van der Waals surface area contributed by atoms with Gasteiger partial charge in [-0.05, 0) is 49.1 Å². The van der Waals surface area contributed by atoms with Crippen molar-refractivity contribution in [2.45, 2.75) is 32.2 Å². The van der Waals surface area contributed by atoms with E-state index in [-0.39, 0.29) is 5.91 Å². The maximum atomic E-state index is 12.2. The molecule has 0 aliphatic carbocycles. The van der Waals surface area contributed by atoms with Crippen molar-refractivity contribution >= 4 is 5.91 Å². The van der Waals surface area contributed by atoms with Crippen molar-refractivity contribution in [2.24, 2.45) is 5.92 Å². The van der Waals surface area contributed by atoms with Gasteiger partial charge in [0.05, 0.1) is 6.61 Å². The molecule has 0 radical (unpaired) electrons. The highest BCUT2D eigenvalue weighted by Crippen LogP contribution is 2.25. The molecule has 2 aliphatic heterocycles. The van der Waals surface area contributed by atoms with Gasteiger partial charge in [0.15, 0.2) is 0 Å². The van der Waals surface area contributed by atoms with Gasteiger partial charge in [-0.2, -0.15) is 0 Å². The molecule has 2 atom stereocenters. The molecule has 0 bridgehead atoms. The molecule has 2 heterocycles. The van der Waals surface area contributed by atoms with Crippen molar-refractivity contribution in [3.63, 3.8) is 0 Å². The van der Waals surface area contributed by atoms with Crippen LogP contribution in [-0.2, 0) is 6.42 Å². The third-order valence-corrected chi connectivity index (χ3v) is 4.36. The summed E-state index contributed by atoms with van der Waals surface area (Å²) in [6, 6.07) is 6.09. The van der Waals surface area contributed by atoms with Gasteiger partial charge in [-0.1, -0.05) is 6.92 Å². The van der Waals surface area contributed by atoms with Crippen LogP contribution in [0.2, 0.25) is 0 Å². The van der Waals surface area contributed by atoms with Crippen LogP contribution in [0.5, 0.6) is 5.75 Å². The fourth-order valence-electron chi connectivity index (χ4n) is 3.02. The predicted molar refractivity (Wildman–Crippen MR) is 78.2 cm³/mol. The Hall–Kier alpha value is -1.55. The molecule has 3 rings (SSSR count). The molecule has 1 aromatic carbocycles. The van der Waals surface area contributed by atoms with Crippen molar-refractivity contribution in [2.75, 3.05) is 19.7 Å². The fourth-order valence-corrected chi connectivity index (χ4v) is 3.02. The van der Waals surface area contributed by atoms with Gasteiger partial charge in [0, 0.05) is 24.6 Å². The van der Waals surface area contributed by atoms with Gasteiger partial charge in [0.2, 0.25) is 0 Å². The molecule has 0 saturated carbocycles. The first-order valence-electron chi connectivity index (χ1n) is 7.51. The van der Waals surface area contributed by atoms with E-state index in [2.05, 4.69) is 17.6 Å². The molecule has 4 nitrogen and oxygen atoms in total. The Labute approximate surface area is 119 Å². The molecule has 20 heavy (non-hydrogen) atoms. The molecule has 2 aliphatic rings. The molecular weight excluding hydrogens is 252 g/mol. The van der Waals surface area contributed by atoms with E-state index >= 15 is 0 Å². The van der Waals surface area contributed by atoms with E-state index in [1.807, 2.05) is 18.2 Å². The van der Waals surface area contributed by atoms with Gasteiger partial charge in [0.25, 0.3) is 5.91 Å². The highest BCUT2D eigenvalue weighted by molar-refractivity contribution is 5.94. The standard InChI is InChI=1S/C16H22N2O2/c1-11-3-2-7-17-14(11)10-18-16(19)13-4-5-15-12(9-13)6-8-20-15/h4-5,9,11,14,17H,2-3,6-8,10H2,1H3,(H,18,19). The Morgan fingerprint density at radius 1 is 1.50 bits per heavy atom. The first-order chi connectivity index (χ1) is 9.74. The first-order valence-corrected chi connectivity index (χ1v) is 7.51. The molecular formula is C16H22N2O2. The van der Waals surface area contributed by atoms with E-state index < -0.39 is 0 Å². The lowest BCUT2D eigenvalue weighted by Gasteiger charge is -2.30. The minimum atomic E-state index is 0.0132. The van der Waals surface area contributed by atoms with Crippen LogP contribution in [-0.4, -0.2) is 31.6 Å². The van der Waals surface area contributed by atoms with Crippen molar-refractivity contribution in [1.82, 2.24) is 10.6 Å². The number of amides is 1. The van der Waals surface area contributed by atoms with E-state index in [0.29, 0.717) is 18.5 Å². The van der Waals surface area contributed by atoms with Crippen LogP contribution >= 0.6 is 0 Å². The Balaban J connectivity index is 1.59. The summed E-state index contributed by atoms with van der Waals surface area (Å²) < 4.78 is 5.46. The minimum Gasteiger partial charge on any atom is -0.493 e. The van der Waals surface area contributed by atoms with Crippen molar-refractivity contribution in [1.29, 1.82) is 0 Å². The van der Waals surface area contributed by atoms with Crippen LogP contribution in [0.15, 0.2) is 18.2 Å². The molecule has 2 unspecified atom stereocenters. The van der Waals surface area contributed by atoms with Crippen LogP contribution < -0.4 is 15.4 Å². The van der Waals surface area contributed by atoms with Crippen molar-refractivity contribution in [3.8, 4) is 5.75 Å². The Morgan fingerprint density at radius 3 is 3.25 bits per heavy atom. The topological polar surface area (TPSA) is 50.4 Å². The molecule has 4 heteroatoms. The highest BCUT2D eigenvalue weighted by atomic mass is 16.5.